The van der Waals surface area contributed by atoms with Crippen LogP contribution in [0, 0.1) is 12.7 Å². The van der Waals surface area contributed by atoms with Crippen molar-refractivity contribution < 1.29 is 13.9 Å². The van der Waals surface area contributed by atoms with Gasteiger partial charge in [-0.15, -0.1) is 0 Å². The van der Waals surface area contributed by atoms with Gasteiger partial charge in [-0.2, -0.15) is 0 Å². The van der Waals surface area contributed by atoms with E-state index in [9.17, 15) is 9.18 Å². The second kappa shape index (κ2) is 5.51. The molecule has 2 aromatic heterocycles. The van der Waals surface area contributed by atoms with Gasteiger partial charge in [0.15, 0.2) is 12.1 Å². The van der Waals surface area contributed by atoms with Crippen LogP contribution in [0.5, 0.6) is 5.88 Å². The molecule has 98 valence electrons. The van der Waals surface area contributed by atoms with Gasteiger partial charge in [0.1, 0.15) is 5.69 Å². The number of pyridine rings is 1. The lowest BCUT2D eigenvalue weighted by molar-refractivity contribution is 0.111. The second-order valence-corrected chi connectivity index (χ2v) is 3.78. The van der Waals surface area contributed by atoms with Crippen LogP contribution in [0.15, 0.2) is 18.5 Å². The van der Waals surface area contributed by atoms with Gasteiger partial charge in [0.05, 0.1) is 30.4 Å². The van der Waals surface area contributed by atoms with Gasteiger partial charge in [0.2, 0.25) is 5.88 Å². The van der Waals surface area contributed by atoms with Crippen molar-refractivity contribution >= 4 is 6.29 Å². The number of aromatic nitrogens is 3. The molecular weight excluding hydrogens is 249 g/mol. The number of rotatable bonds is 4. The van der Waals surface area contributed by atoms with Crippen molar-refractivity contribution in [3.63, 3.8) is 0 Å². The minimum atomic E-state index is -0.514. The van der Waals surface area contributed by atoms with Crippen LogP contribution in [0.4, 0.5) is 4.39 Å². The van der Waals surface area contributed by atoms with Crippen molar-refractivity contribution in [2.24, 2.45) is 0 Å². The molecule has 0 unspecified atom stereocenters. The quantitative estimate of drug-likeness (QED) is 0.789. The molecule has 0 saturated carbocycles. The Balaban J connectivity index is 2.51. The van der Waals surface area contributed by atoms with Crippen LogP contribution < -0.4 is 4.74 Å². The normalized spacial score (nSPS) is 10.3. The van der Waals surface area contributed by atoms with Gasteiger partial charge in [-0.1, -0.05) is 0 Å². The smallest absolute Gasteiger partial charge is 0.214 e. The monoisotopic (exact) mass is 261 g/mol. The summed E-state index contributed by atoms with van der Waals surface area (Å²) in [6.45, 7) is 3.91. The molecule has 0 aliphatic carbocycles. The van der Waals surface area contributed by atoms with Gasteiger partial charge in [-0.05, 0) is 13.8 Å². The Morgan fingerprint density at radius 1 is 1.37 bits per heavy atom. The number of halogens is 1. The number of aldehydes is 1. The van der Waals surface area contributed by atoms with Crippen molar-refractivity contribution in [3.05, 3.63) is 35.7 Å². The molecule has 0 radical (unpaired) electrons. The maximum atomic E-state index is 13.8. The topological polar surface area (TPSA) is 65.0 Å². The summed E-state index contributed by atoms with van der Waals surface area (Å²) >= 11 is 0. The van der Waals surface area contributed by atoms with Crippen molar-refractivity contribution in [1.29, 1.82) is 0 Å². The summed E-state index contributed by atoms with van der Waals surface area (Å²) in [6.07, 6.45) is 2.98. The molecule has 5 nitrogen and oxygen atoms in total. The van der Waals surface area contributed by atoms with Crippen molar-refractivity contribution in [1.82, 2.24) is 15.0 Å². The fourth-order valence-corrected chi connectivity index (χ4v) is 1.65. The Bertz CT molecular complexity index is 617. The van der Waals surface area contributed by atoms with Crippen LogP contribution in [0.25, 0.3) is 11.3 Å². The van der Waals surface area contributed by atoms with Crippen molar-refractivity contribution in [2.75, 3.05) is 6.61 Å². The maximum absolute atomic E-state index is 13.8. The highest BCUT2D eigenvalue weighted by atomic mass is 19.1. The van der Waals surface area contributed by atoms with Crippen LogP contribution in [0.1, 0.15) is 23.1 Å². The number of ether oxygens (including phenoxy) is 1. The van der Waals surface area contributed by atoms with E-state index in [1.165, 1.54) is 12.3 Å². The van der Waals surface area contributed by atoms with E-state index in [-0.39, 0.29) is 11.3 Å². The first-order chi connectivity index (χ1) is 9.15. The van der Waals surface area contributed by atoms with Gasteiger partial charge in [-0.3, -0.25) is 9.78 Å². The predicted octanol–water partition coefficient (Wildman–Crippen LogP) is 2.20. The highest BCUT2D eigenvalue weighted by Gasteiger charge is 2.13. The molecule has 0 bridgehead atoms. The number of carbonyl (C=O) groups is 1. The number of hydrogen-bond acceptors (Lipinski definition) is 5. The third kappa shape index (κ3) is 2.73. The van der Waals surface area contributed by atoms with E-state index >= 15 is 0 Å². The number of carbonyl (C=O) groups excluding carboxylic acids is 1. The second-order valence-electron chi connectivity index (χ2n) is 3.78. The van der Waals surface area contributed by atoms with E-state index in [1.54, 1.807) is 6.92 Å². The Hall–Kier alpha value is -2.37. The van der Waals surface area contributed by atoms with Crippen LogP contribution >= 0.6 is 0 Å². The average molecular weight is 261 g/mol. The Morgan fingerprint density at radius 3 is 2.79 bits per heavy atom. The van der Waals surface area contributed by atoms with Crippen LogP contribution in [0.3, 0.4) is 0 Å². The SMILES string of the molecule is CCOc1cc(-c2ncc(C=O)nc2C)c(F)cn1. The molecule has 0 saturated heterocycles. The summed E-state index contributed by atoms with van der Waals surface area (Å²) in [5.74, 6) is -0.195. The molecule has 19 heavy (non-hydrogen) atoms. The van der Waals surface area contributed by atoms with Gasteiger partial charge in [-0.25, -0.2) is 14.4 Å². The molecule has 0 N–H and O–H groups in total. The van der Waals surface area contributed by atoms with Crippen LogP contribution in [-0.2, 0) is 0 Å². The number of aryl methyl sites for hydroxylation is 1. The fourth-order valence-electron chi connectivity index (χ4n) is 1.65. The summed E-state index contributed by atoms with van der Waals surface area (Å²) in [7, 11) is 0. The highest BCUT2D eigenvalue weighted by molar-refractivity contribution is 5.72. The zero-order valence-electron chi connectivity index (χ0n) is 10.6. The molecule has 0 spiro atoms. The molecule has 0 aromatic carbocycles. The lowest BCUT2D eigenvalue weighted by atomic mass is 10.1. The third-order valence-electron chi connectivity index (χ3n) is 2.46. The van der Waals surface area contributed by atoms with Gasteiger partial charge < -0.3 is 4.74 Å². The lowest BCUT2D eigenvalue weighted by Crippen LogP contribution is -2.00. The molecule has 2 heterocycles. The predicted molar refractivity (Wildman–Crippen MR) is 66.5 cm³/mol. The van der Waals surface area contributed by atoms with E-state index < -0.39 is 5.82 Å². The molecule has 2 aromatic rings. The highest BCUT2D eigenvalue weighted by Crippen LogP contribution is 2.25. The summed E-state index contributed by atoms with van der Waals surface area (Å²) < 4.78 is 19.0. The molecule has 2 rings (SSSR count). The molecule has 0 aliphatic rings. The molecule has 0 aliphatic heterocycles. The summed E-state index contributed by atoms with van der Waals surface area (Å²) in [4.78, 5) is 22.5. The van der Waals surface area contributed by atoms with E-state index in [2.05, 4.69) is 15.0 Å². The van der Waals surface area contributed by atoms with E-state index in [4.69, 9.17) is 4.74 Å². The minimum absolute atomic E-state index is 0.209. The minimum Gasteiger partial charge on any atom is -0.478 e. The summed E-state index contributed by atoms with van der Waals surface area (Å²) in [5.41, 5.74) is 1.30. The molecule has 0 amide bonds. The lowest BCUT2D eigenvalue weighted by Gasteiger charge is -2.08. The molecular formula is C13H12FN3O2. The first-order valence-corrected chi connectivity index (χ1v) is 5.73. The average Bonchev–Trinajstić information content (AvgIpc) is 2.41. The third-order valence-corrected chi connectivity index (χ3v) is 2.46. The molecule has 6 heteroatoms. The van der Waals surface area contributed by atoms with E-state index in [0.29, 0.717) is 30.2 Å². The van der Waals surface area contributed by atoms with Gasteiger partial charge in [0, 0.05) is 11.6 Å². The Labute approximate surface area is 109 Å². The van der Waals surface area contributed by atoms with Crippen LogP contribution in [0.2, 0.25) is 0 Å². The first kappa shape index (κ1) is 13.1. The molecule has 0 fully saturated rings. The first-order valence-electron chi connectivity index (χ1n) is 5.73. The maximum Gasteiger partial charge on any atom is 0.214 e. The fraction of sp³-hybridized carbons (Fsp3) is 0.231. The number of nitrogens with zero attached hydrogens (tertiary/aromatic N) is 3. The van der Waals surface area contributed by atoms with E-state index in [1.807, 2.05) is 6.92 Å². The van der Waals surface area contributed by atoms with Gasteiger partial charge >= 0.3 is 0 Å². The zero-order chi connectivity index (χ0) is 13.8. The largest absolute Gasteiger partial charge is 0.478 e. The molecule has 0 atom stereocenters. The number of hydrogen-bond donors (Lipinski definition) is 0. The van der Waals surface area contributed by atoms with Crippen molar-refractivity contribution in [3.8, 4) is 17.1 Å². The summed E-state index contributed by atoms with van der Waals surface area (Å²) in [5, 5.41) is 0. The Kier molecular flexibility index (Phi) is 3.79. The Morgan fingerprint density at radius 2 is 2.16 bits per heavy atom. The van der Waals surface area contributed by atoms with Crippen molar-refractivity contribution in [2.45, 2.75) is 13.8 Å². The van der Waals surface area contributed by atoms with Crippen LogP contribution in [-0.4, -0.2) is 27.8 Å². The summed E-state index contributed by atoms with van der Waals surface area (Å²) in [6, 6.07) is 1.47. The van der Waals surface area contributed by atoms with E-state index in [0.717, 1.165) is 6.20 Å². The van der Waals surface area contributed by atoms with Gasteiger partial charge in [0.25, 0.3) is 0 Å². The zero-order valence-corrected chi connectivity index (χ0v) is 10.6. The standard InChI is InChI=1S/C13H12FN3O2/c1-3-19-12-4-10(11(14)6-15-12)13-8(2)17-9(7-18)5-16-13/h4-7H,3H2,1-2H3.